The summed E-state index contributed by atoms with van der Waals surface area (Å²) < 4.78 is 26.3. The van der Waals surface area contributed by atoms with Gasteiger partial charge in [0, 0.05) is 32.1 Å². The van der Waals surface area contributed by atoms with Gasteiger partial charge >= 0.3 is 0 Å². The Hall–Kier alpha value is -1.82. The van der Waals surface area contributed by atoms with Crippen LogP contribution < -0.4 is 5.32 Å². The van der Waals surface area contributed by atoms with Crippen molar-refractivity contribution >= 4 is 11.7 Å². The number of Topliss-reactive ketones (excluding diaryl/α,β-unsaturated/α-hetero) is 1. The van der Waals surface area contributed by atoms with E-state index in [1.165, 1.54) is 6.92 Å². The summed E-state index contributed by atoms with van der Waals surface area (Å²) in [7, 11) is 0. The van der Waals surface area contributed by atoms with Crippen molar-refractivity contribution < 1.29 is 18.4 Å². The summed E-state index contributed by atoms with van der Waals surface area (Å²) in [4.78, 5) is 24.8. The van der Waals surface area contributed by atoms with E-state index in [9.17, 15) is 18.4 Å². The van der Waals surface area contributed by atoms with Gasteiger partial charge in [-0.3, -0.25) is 14.5 Å². The first kappa shape index (κ1) is 14.6. The number of amides is 1. The van der Waals surface area contributed by atoms with Gasteiger partial charge in [-0.1, -0.05) is 0 Å². The highest BCUT2D eigenvalue weighted by Gasteiger charge is 2.25. The van der Waals surface area contributed by atoms with Gasteiger partial charge in [-0.05, 0) is 18.6 Å². The fourth-order valence-electron chi connectivity index (χ4n) is 2.39. The van der Waals surface area contributed by atoms with Crippen LogP contribution in [0.4, 0.5) is 8.78 Å². The lowest BCUT2D eigenvalue weighted by Crippen LogP contribution is -2.36. The maximum atomic E-state index is 13.5. The zero-order valence-corrected chi connectivity index (χ0v) is 11.2. The van der Waals surface area contributed by atoms with E-state index >= 15 is 0 Å². The number of carbonyl (C=O) groups is 2. The molecule has 6 heteroatoms. The summed E-state index contributed by atoms with van der Waals surface area (Å²) in [6.07, 6.45) is 0.763. The molecule has 1 aromatic carbocycles. The predicted octanol–water partition coefficient (Wildman–Crippen LogP) is 1.36. The quantitative estimate of drug-likeness (QED) is 0.848. The number of likely N-dealkylation sites (tertiary alicyclic amines) is 1. The molecule has 1 aliphatic rings. The number of nitrogens with zero attached hydrogens (tertiary/aromatic N) is 1. The van der Waals surface area contributed by atoms with Crippen LogP contribution in [0.5, 0.6) is 0 Å². The molecule has 1 atom stereocenters. The van der Waals surface area contributed by atoms with Crippen molar-refractivity contribution in [1.29, 1.82) is 0 Å². The molecule has 0 radical (unpaired) electrons. The average Bonchev–Trinajstić information content (AvgIpc) is 2.75. The monoisotopic (exact) mass is 282 g/mol. The number of hydrogen-bond donors (Lipinski definition) is 1. The van der Waals surface area contributed by atoms with Gasteiger partial charge < -0.3 is 5.32 Å². The average molecular weight is 282 g/mol. The van der Waals surface area contributed by atoms with Crippen molar-refractivity contribution in [1.82, 2.24) is 10.2 Å². The Kier molecular flexibility index (Phi) is 4.44. The largest absolute Gasteiger partial charge is 0.352 e. The first-order chi connectivity index (χ1) is 9.45. The van der Waals surface area contributed by atoms with Crippen molar-refractivity contribution in [2.24, 2.45) is 0 Å². The number of nitrogens with one attached hydrogen (secondary N) is 1. The van der Waals surface area contributed by atoms with Crippen LogP contribution in [0.1, 0.15) is 23.7 Å². The van der Waals surface area contributed by atoms with E-state index in [0.29, 0.717) is 19.2 Å². The molecule has 0 bridgehead atoms. The third-order valence-electron chi connectivity index (χ3n) is 3.28. The molecule has 1 fully saturated rings. The van der Waals surface area contributed by atoms with Gasteiger partial charge in [0.15, 0.2) is 5.78 Å². The maximum absolute atomic E-state index is 13.5. The summed E-state index contributed by atoms with van der Waals surface area (Å²) >= 11 is 0. The Labute approximate surface area is 115 Å². The fourth-order valence-corrected chi connectivity index (χ4v) is 2.39. The van der Waals surface area contributed by atoms with E-state index in [0.717, 1.165) is 18.6 Å². The lowest BCUT2D eigenvalue weighted by Gasteiger charge is -2.15. The molecule has 1 heterocycles. The summed E-state index contributed by atoms with van der Waals surface area (Å²) in [6, 6.07) is 2.96. The number of ketones is 1. The van der Waals surface area contributed by atoms with E-state index in [1.54, 1.807) is 0 Å². The lowest BCUT2D eigenvalue weighted by molar-refractivity contribution is -0.119. The Bertz CT molecular complexity index is 534. The van der Waals surface area contributed by atoms with Crippen LogP contribution in [0.25, 0.3) is 0 Å². The van der Waals surface area contributed by atoms with Gasteiger partial charge in [0.1, 0.15) is 11.6 Å². The molecule has 0 spiro atoms. The molecule has 20 heavy (non-hydrogen) atoms. The van der Waals surface area contributed by atoms with E-state index in [1.807, 2.05) is 4.90 Å². The molecule has 1 N–H and O–H groups in total. The third kappa shape index (κ3) is 3.60. The number of benzene rings is 1. The van der Waals surface area contributed by atoms with Crippen molar-refractivity contribution in [2.75, 3.05) is 19.6 Å². The first-order valence-electron chi connectivity index (χ1n) is 6.43. The van der Waals surface area contributed by atoms with E-state index in [4.69, 9.17) is 0 Å². The van der Waals surface area contributed by atoms with Crippen molar-refractivity contribution in [3.63, 3.8) is 0 Å². The van der Waals surface area contributed by atoms with E-state index in [2.05, 4.69) is 5.32 Å². The Morgan fingerprint density at radius 2 is 2.15 bits per heavy atom. The second-order valence-electron chi connectivity index (χ2n) is 4.97. The van der Waals surface area contributed by atoms with Crippen LogP contribution in [0.3, 0.4) is 0 Å². The molecular weight excluding hydrogens is 266 g/mol. The smallest absolute Gasteiger partial charge is 0.217 e. The van der Waals surface area contributed by atoms with Crippen molar-refractivity contribution in [2.45, 2.75) is 19.4 Å². The van der Waals surface area contributed by atoms with Crippen molar-refractivity contribution in [3.05, 3.63) is 35.4 Å². The van der Waals surface area contributed by atoms with Crippen LogP contribution in [-0.4, -0.2) is 42.3 Å². The molecule has 1 saturated heterocycles. The standard InChI is InChI=1S/C14H16F2N2O2/c1-9(19)17-11-4-5-18(7-11)8-14(20)12-3-2-10(15)6-13(12)16/h2-3,6,11H,4-5,7-8H2,1H3,(H,17,19). The van der Waals surface area contributed by atoms with E-state index in [-0.39, 0.29) is 29.8 Å². The molecule has 108 valence electrons. The maximum Gasteiger partial charge on any atom is 0.217 e. The topological polar surface area (TPSA) is 49.4 Å². The lowest BCUT2D eigenvalue weighted by atomic mass is 10.1. The third-order valence-corrected chi connectivity index (χ3v) is 3.28. The normalized spacial score (nSPS) is 19.1. The van der Waals surface area contributed by atoms with Gasteiger partial charge in [-0.15, -0.1) is 0 Å². The second-order valence-corrected chi connectivity index (χ2v) is 4.97. The van der Waals surface area contributed by atoms with Crippen LogP contribution in [0.2, 0.25) is 0 Å². The van der Waals surface area contributed by atoms with Crippen LogP contribution in [0.15, 0.2) is 18.2 Å². The van der Waals surface area contributed by atoms with Gasteiger partial charge in [0.25, 0.3) is 0 Å². The van der Waals surface area contributed by atoms with Gasteiger partial charge in [0.2, 0.25) is 5.91 Å². The van der Waals surface area contributed by atoms with Gasteiger partial charge in [0.05, 0.1) is 12.1 Å². The summed E-state index contributed by atoms with van der Waals surface area (Å²) in [5.74, 6) is -2.03. The molecule has 0 saturated carbocycles. The van der Waals surface area contributed by atoms with Gasteiger partial charge in [-0.2, -0.15) is 0 Å². The highest BCUT2D eigenvalue weighted by Crippen LogP contribution is 2.14. The minimum absolute atomic E-state index is 0.0263. The molecule has 1 aliphatic heterocycles. The fraction of sp³-hybridized carbons (Fsp3) is 0.429. The molecule has 1 aromatic rings. The minimum Gasteiger partial charge on any atom is -0.352 e. The highest BCUT2D eigenvalue weighted by molar-refractivity contribution is 5.97. The zero-order valence-electron chi connectivity index (χ0n) is 11.2. The highest BCUT2D eigenvalue weighted by atomic mass is 19.1. The van der Waals surface area contributed by atoms with E-state index < -0.39 is 11.6 Å². The Morgan fingerprint density at radius 3 is 2.80 bits per heavy atom. The second kappa shape index (κ2) is 6.09. The minimum atomic E-state index is -0.840. The van der Waals surface area contributed by atoms with Crippen molar-refractivity contribution in [3.8, 4) is 0 Å². The van der Waals surface area contributed by atoms with Crippen LogP contribution in [-0.2, 0) is 4.79 Å². The zero-order chi connectivity index (χ0) is 14.7. The SMILES string of the molecule is CC(=O)NC1CCN(CC(=O)c2ccc(F)cc2F)C1. The Morgan fingerprint density at radius 1 is 1.40 bits per heavy atom. The number of rotatable bonds is 4. The van der Waals surface area contributed by atoms with Gasteiger partial charge in [-0.25, -0.2) is 8.78 Å². The molecule has 1 unspecified atom stereocenters. The molecule has 1 amide bonds. The van der Waals surface area contributed by atoms with Crippen LogP contribution >= 0.6 is 0 Å². The predicted molar refractivity (Wildman–Crippen MR) is 69.4 cm³/mol. The molecule has 2 rings (SSSR count). The molecule has 0 aromatic heterocycles. The number of halogens is 2. The molecule has 4 nitrogen and oxygen atoms in total. The summed E-state index contributed by atoms with van der Waals surface area (Å²) in [6.45, 7) is 2.74. The van der Waals surface area contributed by atoms with Crippen LogP contribution in [0, 0.1) is 11.6 Å². The number of carbonyl (C=O) groups excluding carboxylic acids is 2. The Balaban J connectivity index is 1.94. The summed E-state index contributed by atoms with van der Waals surface area (Å²) in [5.41, 5.74) is -0.102. The summed E-state index contributed by atoms with van der Waals surface area (Å²) in [5, 5.41) is 2.79. The number of hydrogen-bond acceptors (Lipinski definition) is 3. The molecular formula is C14H16F2N2O2. The molecule has 0 aliphatic carbocycles. The first-order valence-corrected chi connectivity index (χ1v) is 6.43.